The summed E-state index contributed by atoms with van der Waals surface area (Å²) in [6.45, 7) is 0. The number of amides is 1. The minimum atomic E-state index is -0.155. The van der Waals surface area contributed by atoms with Crippen LogP contribution in [-0.4, -0.2) is 21.9 Å². The smallest absolute Gasteiger partial charge is 0.277 e. The second-order valence-corrected chi connectivity index (χ2v) is 8.73. The number of thioether (sulfide) groups is 1. The van der Waals surface area contributed by atoms with E-state index in [1.165, 1.54) is 23.1 Å². The fourth-order valence-electron chi connectivity index (χ4n) is 2.40. The van der Waals surface area contributed by atoms with Crippen molar-refractivity contribution < 1.29 is 9.21 Å². The number of carbonyl (C=O) groups is 1. The summed E-state index contributed by atoms with van der Waals surface area (Å²) in [5, 5.41) is 12.8. The predicted molar refractivity (Wildman–Crippen MR) is 114 cm³/mol. The highest BCUT2D eigenvalue weighted by atomic mass is 79.9. The normalized spacial score (nSPS) is 11.0. The fourth-order valence-corrected chi connectivity index (χ4v) is 4.80. The lowest BCUT2D eigenvalue weighted by molar-refractivity contribution is -0.113. The Labute approximate surface area is 176 Å². The summed E-state index contributed by atoms with van der Waals surface area (Å²) in [5.74, 6) is 0.364. The third-order valence-corrected chi connectivity index (χ3v) is 6.55. The monoisotopic (exact) mass is 479 g/mol. The highest BCUT2D eigenvalue weighted by Gasteiger charge is 2.18. The van der Waals surface area contributed by atoms with Gasteiger partial charge in [-0.05, 0) is 24.3 Å². The second-order valence-electron chi connectivity index (χ2n) is 5.46. The molecule has 5 nitrogen and oxygen atoms in total. The zero-order valence-corrected chi connectivity index (χ0v) is 17.6. The van der Waals surface area contributed by atoms with Gasteiger partial charge in [-0.3, -0.25) is 4.79 Å². The van der Waals surface area contributed by atoms with Crippen LogP contribution in [-0.2, 0) is 4.79 Å². The van der Waals surface area contributed by atoms with Crippen LogP contribution in [0, 0.1) is 0 Å². The summed E-state index contributed by atoms with van der Waals surface area (Å²) in [5.41, 5.74) is 0.721. The number of carbonyl (C=O) groups excluding carboxylic acids is 1. The molecular formula is C18H11BrClN3O2S2. The van der Waals surface area contributed by atoms with E-state index in [1.54, 1.807) is 0 Å². The van der Waals surface area contributed by atoms with Crippen LogP contribution in [0.5, 0.6) is 0 Å². The molecule has 2 aromatic carbocycles. The van der Waals surface area contributed by atoms with Crippen molar-refractivity contribution in [1.29, 1.82) is 0 Å². The molecule has 2 heterocycles. The zero-order chi connectivity index (χ0) is 18.8. The molecule has 1 amide bonds. The van der Waals surface area contributed by atoms with E-state index in [1.807, 2.05) is 48.5 Å². The van der Waals surface area contributed by atoms with Crippen molar-refractivity contribution in [2.75, 3.05) is 11.1 Å². The van der Waals surface area contributed by atoms with Gasteiger partial charge in [-0.1, -0.05) is 63.6 Å². The molecule has 2 aromatic heterocycles. The number of halogens is 2. The molecule has 0 aliphatic carbocycles. The SMILES string of the molecule is O=C(CSc1nnc(-c2sc3ccccc3c2Cl)o1)Nc1cccc(Br)c1. The van der Waals surface area contributed by atoms with Crippen LogP contribution >= 0.6 is 50.6 Å². The van der Waals surface area contributed by atoms with Gasteiger partial charge in [-0.15, -0.1) is 21.5 Å². The standard InChI is InChI=1S/C18H11BrClN3O2S2/c19-10-4-3-5-11(8-10)21-14(24)9-26-18-23-22-17(25-18)16-15(20)12-6-1-2-7-13(12)27-16/h1-8H,9H2,(H,21,24). The Balaban J connectivity index is 1.43. The lowest BCUT2D eigenvalue weighted by Crippen LogP contribution is -2.13. The van der Waals surface area contributed by atoms with Crippen molar-refractivity contribution in [2.24, 2.45) is 0 Å². The number of hydrogen-bond acceptors (Lipinski definition) is 6. The summed E-state index contributed by atoms with van der Waals surface area (Å²) >= 11 is 12.5. The molecule has 0 bridgehead atoms. The summed E-state index contributed by atoms with van der Waals surface area (Å²) in [4.78, 5) is 12.8. The number of fused-ring (bicyclic) bond motifs is 1. The topological polar surface area (TPSA) is 68.0 Å². The average molecular weight is 481 g/mol. The van der Waals surface area contributed by atoms with E-state index in [0.29, 0.717) is 16.1 Å². The number of hydrogen-bond donors (Lipinski definition) is 1. The van der Waals surface area contributed by atoms with E-state index in [0.717, 1.165) is 25.1 Å². The Hall–Kier alpha value is -1.87. The number of aromatic nitrogens is 2. The molecule has 0 unspecified atom stereocenters. The molecule has 0 fully saturated rings. The molecule has 1 N–H and O–H groups in total. The third-order valence-electron chi connectivity index (χ3n) is 3.57. The van der Waals surface area contributed by atoms with Gasteiger partial charge in [0, 0.05) is 20.2 Å². The Morgan fingerprint density at radius 1 is 1.22 bits per heavy atom. The van der Waals surface area contributed by atoms with Gasteiger partial charge in [0.2, 0.25) is 5.91 Å². The van der Waals surface area contributed by atoms with Crippen molar-refractivity contribution >= 4 is 72.3 Å². The second kappa shape index (κ2) is 8.02. The first kappa shape index (κ1) is 18.5. The van der Waals surface area contributed by atoms with Gasteiger partial charge in [0.25, 0.3) is 11.1 Å². The number of rotatable bonds is 5. The van der Waals surface area contributed by atoms with Crippen molar-refractivity contribution in [1.82, 2.24) is 10.2 Å². The van der Waals surface area contributed by atoms with Gasteiger partial charge >= 0.3 is 0 Å². The van der Waals surface area contributed by atoms with E-state index < -0.39 is 0 Å². The van der Waals surface area contributed by atoms with E-state index >= 15 is 0 Å². The molecule has 0 atom stereocenters. The lowest BCUT2D eigenvalue weighted by atomic mass is 10.2. The fraction of sp³-hybridized carbons (Fsp3) is 0.0556. The zero-order valence-electron chi connectivity index (χ0n) is 13.6. The Morgan fingerprint density at radius 3 is 2.89 bits per heavy atom. The summed E-state index contributed by atoms with van der Waals surface area (Å²) in [7, 11) is 0. The first-order chi connectivity index (χ1) is 13.1. The summed E-state index contributed by atoms with van der Waals surface area (Å²) < 4.78 is 7.63. The first-order valence-electron chi connectivity index (χ1n) is 7.79. The first-order valence-corrected chi connectivity index (χ1v) is 10.8. The molecule has 0 aliphatic heterocycles. The maximum absolute atomic E-state index is 12.1. The van der Waals surface area contributed by atoms with Gasteiger partial charge in [-0.25, -0.2) is 0 Å². The van der Waals surface area contributed by atoms with E-state index in [2.05, 4.69) is 31.4 Å². The molecule has 4 rings (SSSR count). The number of thiophene rings is 1. The van der Waals surface area contributed by atoms with Crippen LogP contribution < -0.4 is 5.32 Å². The maximum atomic E-state index is 12.1. The van der Waals surface area contributed by atoms with Crippen LogP contribution in [0.1, 0.15) is 0 Å². The summed E-state index contributed by atoms with van der Waals surface area (Å²) in [6, 6.07) is 15.2. The average Bonchev–Trinajstić information content (AvgIpc) is 3.25. The maximum Gasteiger partial charge on any atom is 0.277 e. The number of nitrogens with zero attached hydrogens (tertiary/aromatic N) is 2. The third kappa shape index (κ3) is 4.19. The quantitative estimate of drug-likeness (QED) is 0.350. The van der Waals surface area contributed by atoms with Gasteiger partial charge < -0.3 is 9.73 Å². The van der Waals surface area contributed by atoms with Gasteiger partial charge in [0.05, 0.1) is 10.8 Å². The lowest BCUT2D eigenvalue weighted by Gasteiger charge is -2.03. The van der Waals surface area contributed by atoms with Gasteiger partial charge in [-0.2, -0.15) is 0 Å². The Bertz CT molecular complexity index is 1130. The van der Waals surface area contributed by atoms with E-state index in [-0.39, 0.29) is 11.7 Å². The van der Waals surface area contributed by atoms with Crippen molar-refractivity contribution in [3.63, 3.8) is 0 Å². The van der Waals surface area contributed by atoms with Crippen LogP contribution in [0.25, 0.3) is 20.9 Å². The van der Waals surface area contributed by atoms with Crippen LogP contribution in [0.15, 0.2) is 62.6 Å². The summed E-state index contributed by atoms with van der Waals surface area (Å²) in [6.07, 6.45) is 0. The highest BCUT2D eigenvalue weighted by molar-refractivity contribution is 9.10. The minimum Gasteiger partial charge on any atom is -0.410 e. The number of benzene rings is 2. The molecule has 0 spiro atoms. The molecule has 0 saturated carbocycles. The van der Waals surface area contributed by atoms with Crippen LogP contribution in [0.3, 0.4) is 0 Å². The molecular weight excluding hydrogens is 470 g/mol. The van der Waals surface area contributed by atoms with Crippen molar-refractivity contribution in [3.8, 4) is 10.8 Å². The van der Waals surface area contributed by atoms with Crippen molar-refractivity contribution in [2.45, 2.75) is 5.22 Å². The van der Waals surface area contributed by atoms with Gasteiger partial charge in [0.1, 0.15) is 4.88 Å². The van der Waals surface area contributed by atoms with E-state index in [9.17, 15) is 4.79 Å². The van der Waals surface area contributed by atoms with E-state index in [4.69, 9.17) is 16.0 Å². The highest BCUT2D eigenvalue weighted by Crippen LogP contribution is 2.41. The van der Waals surface area contributed by atoms with Crippen LogP contribution in [0.2, 0.25) is 5.02 Å². The van der Waals surface area contributed by atoms with Crippen LogP contribution in [0.4, 0.5) is 5.69 Å². The molecule has 0 saturated heterocycles. The van der Waals surface area contributed by atoms with Crippen molar-refractivity contribution in [3.05, 3.63) is 58.0 Å². The largest absolute Gasteiger partial charge is 0.410 e. The minimum absolute atomic E-state index is 0.155. The molecule has 4 aromatic rings. The molecule has 136 valence electrons. The molecule has 27 heavy (non-hydrogen) atoms. The molecule has 9 heteroatoms. The number of anilines is 1. The Kier molecular flexibility index (Phi) is 5.49. The molecule has 0 aliphatic rings. The Morgan fingerprint density at radius 2 is 2.07 bits per heavy atom. The van der Waals surface area contributed by atoms with Gasteiger partial charge in [0.15, 0.2) is 0 Å². The molecule has 0 radical (unpaired) electrons. The number of nitrogens with one attached hydrogen (secondary N) is 1. The predicted octanol–water partition coefficient (Wildman–Crippen LogP) is 6.10.